The van der Waals surface area contributed by atoms with Crippen LogP contribution in [0.15, 0.2) is 54.6 Å². The molecule has 104 valence electrons. The molecule has 0 saturated carbocycles. The Labute approximate surface area is 119 Å². The van der Waals surface area contributed by atoms with Crippen molar-refractivity contribution in [3.05, 3.63) is 65.7 Å². The third-order valence-corrected chi connectivity index (χ3v) is 3.24. The monoisotopic (exact) mass is 269 g/mol. The molecule has 1 atom stereocenters. The first-order chi connectivity index (χ1) is 9.66. The molecule has 0 aliphatic carbocycles. The van der Waals surface area contributed by atoms with Crippen LogP contribution < -0.4 is 5.32 Å². The summed E-state index contributed by atoms with van der Waals surface area (Å²) in [5, 5.41) is 12.5. The minimum atomic E-state index is -0.233. The van der Waals surface area contributed by atoms with Gasteiger partial charge in [0.05, 0.1) is 5.56 Å². The van der Waals surface area contributed by atoms with Gasteiger partial charge in [0.2, 0.25) is 0 Å². The van der Waals surface area contributed by atoms with Crippen LogP contribution in [0, 0.1) is 0 Å². The first-order valence-electron chi connectivity index (χ1n) is 6.79. The summed E-state index contributed by atoms with van der Waals surface area (Å²) >= 11 is 0. The lowest BCUT2D eigenvalue weighted by molar-refractivity contribution is 0.0936. The van der Waals surface area contributed by atoms with E-state index in [0.717, 1.165) is 12.8 Å². The lowest BCUT2D eigenvalue weighted by Gasteiger charge is -2.14. The number of benzene rings is 2. The summed E-state index contributed by atoms with van der Waals surface area (Å²) in [7, 11) is 0. The summed E-state index contributed by atoms with van der Waals surface area (Å²) < 4.78 is 0. The molecular weight excluding hydrogens is 250 g/mol. The number of aromatic hydroxyl groups is 1. The zero-order valence-corrected chi connectivity index (χ0v) is 11.5. The molecule has 3 nitrogen and oxygen atoms in total. The van der Waals surface area contributed by atoms with Gasteiger partial charge in [-0.05, 0) is 37.5 Å². The predicted molar refractivity (Wildman–Crippen MR) is 79.8 cm³/mol. The molecule has 0 aliphatic heterocycles. The Morgan fingerprint density at radius 1 is 1.10 bits per heavy atom. The third-order valence-electron chi connectivity index (χ3n) is 3.24. The summed E-state index contributed by atoms with van der Waals surface area (Å²) in [6.07, 6.45) is 1.78. The summed E-state index contributed by atoms with van der Waals surface area (Å²) in [5.41, 5.74) is 1.58. The topological polar surface area (TPSA) is 49.3 Å². The van der Waals surface area contributed by atoms with E-state index in [0.29, 0.717) is 5.56 Å². The standard InChI is InChI=1S/C17H19NO2/c1-13(11-12-14-7-3-2-4-8-14)18-17(20)15-9-5-6-10-16(15)19/h2-10,13,19H,11-12H2,1H3,(H,18,20). The van der Waals surface area contributed by atoms with Gasteiger partial charge in [0.1, 0.15) is 5.75 Å². The SMILES string of the molecule is CC(CCc1ccccc1)NC(=O)c1ccccc1O. The van der Waals surface area contributed by atoms with Gasteiger partial charge in [-0.1, -0.05) is 42.5 Å². The Kier molecular flexibility index (Phi) is 4.77. The molecule has 0 aromatic heterocycles. The third kappa shape index (κ3) is 3.85. The lowest BCUT2D eigenvalue weighted by Crippen LogP contribution is -2.32. The number of hydrogen-bond acceptors (Lipinski definition) is 2. The maximum atomic E-state index is 12.0. The van der Waals surface area contributed by atoms with Gasteiger partial charge in [0.15, 0.2) is 0 Å². The molecule has 0 aliphatic rings. The zero-order chi connectivity index (χ0) is 14.4. The Hall–Kier alpha value is -2.29. The van der Waals surface area contributed by atoms with Crippen LogP contribution in [-0.2, 0) is 6.42 Å². The minimum absolute atomic E-state index is 0.0141. The average molecular weight is 269 g/mol. The van der Waals surface area contributed by atoms with E-state index in [4.69, 9.17) is 0 Å². The van der Waals surface area contributed by atoms with Gasteiger partial charge in [-0.25, -0.2) is 0 Å². The Morgan fingerprint density at radius 2 is 1.75 bits per heavy atom. The summed E-state index contributed by atoms with van der Waals surface area (Å²) in [6, 6.07) is 16.8. The maximum absolute atomic E-state index is 12.0. The van der Waals surface area contributed by atoms with Crippen molar-refractivity contribution in [2.24, 2.45) is 0 Å². The van der Waals surface area contributed by atoms with Crippen LogP contribution in [0.3, 0.4) is 0 Å². The van der Waals surface area contributed by atoms with E-state index in [9.17, 15) is 9.90 Å². The summed E-state index contributed by atoms with van der Waals surface area (Å²) in [4.78, 5) is 12.0. The molecule has 0 heterocycles. The highest BCUT2D eigenvalue weighted by molar-refractivity contribution is 5.96. The predicted octanol–water partition coefficient (Wildman–Crippen LogP) is 3.14. The van der Waals surface area contributed by atoms with Gasteiger partial charge in [-0.3, -0.25) is 4.79 Å². The molecule has 0 bridgehead atoms. The van der Waals surface area contributed by atoms with Gasteiger partial charge >= 0.3 is 0 Å². The highest BCUT2D eigenvalue weighted by Crippen LogP contribution is 2.15. The van der Waals surface area contributed by atoms with Gasteiger partial charge in [-0.15, -0.1) is 0 Å². The molecule has 2 aromatic carbocycles. The highest BCUT2D eigenvalue weighted by Gasteiger charge is 2.12. The van der Waals surface area contributed by atoms with E-state index in [1.165, 1.54) is 11.6 Å². The highest BCUT2D eigenvalue weighted by atomic mass is 16.3. The van der Waals surface area contributed by atoms with E-state index in [1.54, 1.807) is 18.2 Å². The first kappa shape index (κ1) is 14.1. The number of nitrogens with one attached hydrogen (secondary N) is 1. The van der Waals surface area contributed by atoms with Gasteiger partial charge in [0, 0.05) is 6.04 Å². The number of carbonyl (C=O) groups is 1. The molecule has 0 fully saturated rings. The number of carbonyl (C=O) groups excluding carboxylic acids is 1. The number of hydrogen-bond donors (Lipinski definition) is 2. The molecule has 2 aromatic rings. The number of amides is 1. The van der Waals surface area contributed by atoms with Crippen molar-refractivity contribution in [2.45, 2.75) is 25.8 Å². The van der Waals surface area contributed by atoms with Gasteiger partial charge < -0.3 is 10.4 Å². The van der Waals surface area contributed by atoms with Crippen molar-refractivity contribution in [3.8, 4) is 5.75 Å². The van der Waals surface area contributed by atoms with Crippen LogP contribution in [0.5, 0.6) is 5.75 Å². The van der Waals surface area contributed by atoms with Crippen molar-refractivity contribution >= 4 is 5.91 Å². The van der Waals surface area contributed by atoms with Crippen LogP contribution in [0.1, 0.15) is 29.3 Å². The van der Waals surface area contributed by atoms with Crippen molar-refractivity contribution in [1.29, 1.82) is 0 Å². The fraction of sp³-hybridized carbons (Fsp3) is 0.235. The molecule has 0 spiro atoms. The molecular formula is C17H19NO2. The number of phenols is 1. The Bertz CT molecular complexity index is 566. The van der Waals surface area contributed by atoms with E-state index in [2.05, 4.69) is 17.4 Å². The smallest absolute Gasteiger partial charge is 0.255 e. The summed E-state index contributed by atoms with van der Waals surface area (Å²) in [6.45, 7) is 1.97. The van der Waals surface area contributed by atoms with E-state index >= 15 is 0 Å². The van der Waals surface area contributed by atoms with Crippen molar-refractivity contribution < 1.29 is 9.90 Å². The molecule has 3 heteroatoms. The van der Waals surface area contributed by atoms with Gasteiger partial charge in [-0.2, -0.15) is 0 Å². The lowest BCUT2D eigenvalue weighted by atomic mass is 10.1. The van der Waals surface area contributed by atoms with E-state index < -0.39 is 0 Å². The number of para-hydroxylation sites is 1. The largest absolute Gasteiger partial charge is 0.507 e. The molecule has 2 N–H and O–H groups in total. The number of aryl methyl sites for hydroxylation is 1. The fourth-order valence-electron chi connectivity index (χ4n) is 2.07. The molecule has 0 radical (unpaired) electrons. The molecule has 0 saturated heterocycles. The first-order valence-corrected chi connectivity index (χ1v) is 6.79. The zero-order valence-electron chi connectivity index (χ0n) is 11.5. The average Bonchev–Trinajstić information content (AvgIpc) is 2.46. The number of rotatable bonds is 5. The van der Waals surface area contributed by atoms with Crippen LogP contribution in [0.2, 0.25) is 0 Å². The second-order valence-electron chi connectivity index (χ2n) is 4.92. The number of phenolic OH excluding ortho intramolecular Hbond substituents is 1. The normalized spacial score (nSPS) is 11.8. The van der Waals surface area contributed by atoms with E-state index in [1.807, 2.05) is 25.1 Å². The van der Waals surface area contributed by atoms with Crippen molar-refractivity contribution in [2.75, 3.05) is 0 Å². The molecule has 1 unspecified atom stereocenters. The Balaban J connectivity index is 1.87. The van der Waals surface area contributed by atoms with Crippen LogP contribution in [-0.4, -0.2) is 17.1 Å². The van der Waals surface area contributed by atoms with Crippen LogP contribution in [0.4, 0.5) is 0 Å². The Morgan fingerprint density at radius 3 is 2.45 bits per heavy atom. The van der Waals surface area contributed by atoms with Crippen LogP contribution in [0.25, 0.3) is 0 Å². The van der Waals surface area contributed by atoms with E-state index in [-0.39, 0.29) is 17.7 Å². The van der Waals surface area contributed by atoms with Crippen molar-refractivity contribution in [1.82, 2.24) is 5.32 Å². The van der Waals surface area contributed by atoms with Crippen LogP contribution >= 0.6 is 0 Å². The quantitative estimate of drug-likeness (QED) is 0.876. The fourth-order valence-corrected chi connectivity index (χ4v) is 2.07. The molecule has 20 heavy (non-hydrogen) atoms. The molecule has 2 rings (SSSR count). The maximum Gasteiger partial charge on any atom is 0.255 e. The van der Waals surface area contributed by atoms with Crippen molar-refractivity contribution in [3.63, 3.8) is 0 Å². The minimum Gasteiger partial charge on any atom is -0.507 e. The summed E-state index contributed by atoms with van der Waals surface area (Å²) in [5.74, 6) is -0.219. The molecule has 1 amide bonds. The van der Waals surface area contributed by atoms with Gasteiger partial charge in [0.25, 0.3) is 5.91 Å². The second-order valence-corrected chi connectivity index (χ2v) is 4.92. The second kappa shape index (κ2) is 6.75.